The number of pyridine rings is 1. The summed E-state index contributed by atoms with van der Waals surface area (Å²) in [4.78, 5) is 7.20. The van der Waals surface area contributed by atoms with E-state index < -0.39 is 0 Å². The van der Waals surface area contributed by atoms with Gasteiger partial charge in [-0.25, -0.2) is 4.98 Å². The molecule has 1 saturated heterocycles. The molecule has 4 heteroatoms. The van der Waals surface area contributed by atoms with E-state index in [1.807, 2.05) is 6.07 Å². The highest BCUT2D eigenvalue weighted by molar-refractivity contribution is 5.81. The Morgan fingerprint density at radius 3 is 2.78 bits per heavy atom. The topological polar surface area (TPSA) is 40.8 Å². The zero-order chi connectivity index (χ0) is 15.6. The summed E-state index contributed by atoms with van der Waals surface area (Å²) in [5, 5.41) is 8.97. The molecule has 4 rings (SSSR count). The highest BCUT2D eigenvalue weighted by Crippen LogP contribution is 2.27. The molecule has 3 heterocycles. The van der Waals surface area contributed by atoms with Crippen molar-refractivity contribution in [3.05, 3.63) is 42.6 Å². The van der Waals surface area contributed by atoms with Crippen molar-refractivity contribution in [3.8, 4) is 0 Å². The fraction of sp³-hybridized carbons (Fsp3) is 0.421. The van der Waals surface area contributed by atoms with E-state index in [1.54, 1.807) is 0 Å². The fourth-order valence-corrected chi connectivity index (χ4v) is 3.71. The van der Waals surface area contributed by atoms with Crippen LogP contribution in [0.15, 0.2) is 42.6 Å². The first-order chi connectivity index (χ1) is 11.3. The van der Waals surface area contributed by atoms with Gasteiger partial charge in [-0.1, -0.05) is 12.1 Å². The summed E-state index contributed by atoms with van der Waals surface area (Å²) < 4.78 is 2.16. The lowest BCUT2D eigenvalue weighted by atomic mass is 9.92. The highest BCUT2D eigenvalue weighted by Gasteiger charge is 2.19. The fourth-order valence-electron chi connectivity index (χ4n) is 3.71. The van der Waals surface area contributed by atoms with Gasteiger partial charge in [0.05, 0.1) is 11.0 Å². The molecule has 0 saturated carbocycles. The molecule has 0 radical (unpaired) electrons. The lowest BCUT2D eigenvalue weighted by Gasteiger charge is -2.33. The van der Waals surface area contributed by atoms with Crippen LogP contribution in [0.3, 0.4) is 0 Å². The molecule has 2 aromatic heterocycles. The minimum Gasteiger partial charge on any atom is -0.396 e. The first kappa shape index (κ1) is 14.5. The van der Waals surface area contributed by atoms with E-state index in [0.29, 0.717) is 6.61 Å². The maximum atomic E-state index is 8.97. The Morgan fingerprint density at radius 1 is 1.13 bits per heavy atom. The predicted octanol–water partition coefficient (Wildman–Crippen LogP) is 3.48. The quantitative estimate of drug-likeness (QED) is 0.802. The van der Waals surface area contributed by atoms with Gasteiger partial charge in [0.25, 0.3) is 0 Å². The zero-order valence-corrected chi connectivity index (χ0v) is 13.4. The van der Waals surface area contributed by atoms with Gasteiger partial charge < -0.3 is 10.0 Å². The number of fused-ring (bicyclic) bond motifs is 3. The van der Waals surface area contributed by atoms with Crippen molar-refractivity contribution in [2.24, 2.45) is 5.92 Å². The molecule has 3 aromatic rings. The third kappa shape index (κ3) is 2.79. The molecular formula is C19H23N3O. The van der Waals surface area contributed by atoms with Gasteiger partial charge in [0.15, 0.2) is 0 Å². The molecule has 0 spiro atoms. The molecular weight excluding hydrogens is 286 g/mol. The van der Waals surface area contributed by atoms with Crippen molar-refractivity contribution in [1.82, 2.24) is 9.38 Å². The normalized spacial score (nSPS) is 16.5. The second kappa shape index (κ2) is 6.20. The number of aliphatic hydroxyl groups excluding tert-OH is 1. The monoisotopic (exact) mass is 309 g/mol. The van der Waals surface area contributed by atoms with Crippen LogP contribution in [0.5, 0.6) is 0 Å². The Morgan fingerprint density at radius 2 is 1.96 bits per heavy atom. The van der Waals surface area contributed by atoms with Crippen LogP contribution in [-0.2, 0) is 0 Å². The highest BCUT2D eigenvalue weighted by atomic mass is 16.2. The molecule has 1 aromatic carbocycles. The number of benzene rings is 1. The Hall–Kier alpha value is -2.07. The average Bonchev–Trinajstić information content (AvgIpc) is 2.98. The molecule has 0 aliphatic carbocycles. The minimum absolute atomic E-state index is 0.324. The van der Waals surface area contributed by atoms with Crippen LogP contribution in [0, 0.1) is 5.92 Å². The van der Waals surface area contributed by atoms with Crippen molar-refractivity contribution in [2.45, 2.75) is 25.7 Å². The average molecular weight is 309 g/mol. The van der Waals surface area contributed by atoms with Gasteiger partial charge in [0, 0.05) is 37.6 Å². The van der Waals surface area contributed by atoms with Crippen molar-refractivity contribution < 1.29 is 5.11 Å². The third-order valence-corrected chi connectivity index (χ3v) is 5.04. The number of nitrogens with zero attached hydrogens (tertiary/aromatic N) is 3. The van der Waals surface area contributed by atoms with E-state index >= 15 is 0 Å². The van der Waals surface area contributed by atoms with Gasteiger partial charge in [-0.3, -0.25) is 4.40 Å². The summed E-state index contributed by atoms with van der Waals surface area (Å²) in [5.41, 5.74) is 4.50. The van der Waals surface area contributed by atoms with Crippen molar-refractivity contribution >= 4 is 22.4 Å². The van der Waals surface area contributed by atoms with Crippen LogP contribution in [0.25, 0.3) is 16.7 Å². The number of hydrogen-bond acceptors (Lipinski definition) is 3. The molecule has 1 aliphatic rings. The third-order valence-electron chi connectivity index (χ3n) is 5.04. The number of anilines is 1. The van der Waals surface area contributed by atoms with Gasteiger partial charge in [0.1, 0.15) is 5.65 Å². The molecule has 0 unspecified atom stereocenters. The molecule has 1 aliphatic heterocycles. The van der Waals surface area contributed by atoms with Gasteiger partial charge in [-0.2, -0.15) is 0 Å². The lowest BCUT2D eigenvalue weighted by Crippen LogP contribution is -2.33. The zero-order valence-electron chi connectivity index (χ0n) is 13.4. The Bertz CT molecular complexity index is 803. The number of piperidine rings is 1. The van der Waals surface area contributed by atoms with E-state index in [2.05, 4.69) is 45.8 Å². The van der Waals surface area contributed by atoms with E-state index in [1.165, 1.54) is 18.5 Å². The number of imidazole rings is 1. The smallest absolute Gasteiger partial charge is 0.139 e. The first-order valence-electron chi connectivity index (χ1n) is 8.58. The van der Waals surface area contributed by atoms with Gasteiger partial charge in [-0.05, 0) is 49.8 Å². The van der Waals surface area contributed by atoms with Crippen LogP contribution in [0.1, 0.15) is 25.7 Å². The van der Waals surface area contributed by atoms with E-state index in [0.717, 1.165) is 48.5 Å². The summed E-state index contributed by atoms with van der Waals surface area (Å²) in [7, 11) is 0. The molecule has 1 N–H and O–H groups in total. The first-order valence-corrected chi connectivity index (χ1v) is 8.58. The van der Waals surface area contributed by atoms with Crippen molar-refractivity contribution in [2.75, 3.05) is 24.6 Å². The van der Waals surface area contributed by atoms with Gasteiger partial charge >= 0.3 is 0 Å². The SMILES string of the molecule is OCCCC1CCN(c2ccn3c(c2)nc2ccccc23)CC1. The summed E-state index contributed by atoms with van der Waals surface area (Å²) in [6.45, 7) is 2.53. The van der Waals surface area contributed by atoms with Crippen LogP contribution in [0.2, 0.25) is 0 Å². The molecule has 120 valence electrons. The van der Waals surface area contributed by atoms with Gasteiger partial charge in [-0.15, -0.1) is 0 Å². The van der Waals surface area contributed by atoms with Crippen LogP contribution in [-0.4, -0.2) is 34.2 Å². The van der Waals surface area contributed by atoms with E-state index in [9.17, 15) is 0 Å². The summed E-state index contributed by atoms with van der Waals surface area (Å²) in [6, 6.07) is 12.7. The molecule has 1 fully saturated rings. The summed E-state index contributed by atoms with van der Waals surface area (Å²) >= 11 is 0. The van der Waals surface area contributed by atoms with E-state index in [-0.39, 0.29) is 0 Å². The molecule has 23 heavy (non-hydrogen) atoms. The second-order valence-electron chi connectivity index (χ2n) is 6.51. The van der Waals surface area contributed by atoms with Gasteiger partial charge in [0.2, 0.25) is 0 Å². The Kier molecular flexibility index (Phi) is 3.92. The predicted molar refractivity (Wildman–Crippen MR) is 94.0 cm³/mol. The van der Waals surface area contributed by atoms with Crippen LogP contribution >= 0.6 is 0 Å². The minimum atomic E-state index is 0.324. The number of rotatable bonds is 4. The van der Waals surface area contributed by atoms with Crippen molar-refractivity contribution in [3.63, 3.8) is 0 Å². The Balaban J connectivity index is 1.54. The standard InChI is InChI=1S/C19H23N3O/c23-13-3-4-15-7-10-21(11-8-15)16-9-12-22-18-6-2-1-5-17(18)20-19(22)14-16/h1-2,5-6,9,12,14-15,23H,3-4,7-8,10-11,13H2. The summed E-state index contributed by atoms with van der Waals surface area (Å²) in [6.07, 6.45) is 6.69. The number of aliphatic hydroxyl groups is 1. The molecule has 4 nitrogen and oxygen atoms in total. The second-order valence-corrected chi connectivity index (χ2v) is 6.51. The molecule has 0 amide bonds. The van der Waals surface area contributed by atoms with Crippen LogP contribution in [0.4, 0.5) is 5.69 Å². The maximum Gasteiger partial charge on any atom is 0.139 e. The van der Waals surface area contributed by atoms with Crippen LogP contribution < -0.4 is 4.90 Å². The maximum absolute atomic E-state index is 8.97. The molecule has 0 atom stereocenters. The molecule has 0 bridgehead atoms. The van der Waals surface area contributed by atoms with Crippen molar-refractivity contribution in [1.29, 1.82) is 0 Å². The number of para-hydroxylation sites is 2. The largest absolute Gasteiger partial charge is 0.396 e. The summed E-state index contributed by atoms with van der Waals surface area (Å²) in [5.74, 6) is 0.774. The Labute approximate surface area is 136 Å². The number of aromatic nitrogens is 2. The number of hydrogen-bond donors (Lipinski definition) is 1. The van der Waals surface area contributed by atoms with E-state index in [4.69, 9.17) is 10.1 Å². The lowest BCUT2D eigenvalue weighted by molar-refractivity contribution is 0.261.